The van der Waals surface area contributed by atoms with Crippen LogP contribution in [0.5, 0.6) is 0 Å². The Morgan fingerprint density at radius 1 is 1.47 bits per heavy atom. The smallest absolute Gasteiger partial charge is 0.164 e. The van der Waals surface area contributed by atoms with E-state index in [9.17, 15) is 4.79 Å². The van der Waals surface area contributed by atoms with Gasteiger partial charge in [0.1, 0.15) is 0 Å². The van der Waals surface area contributed by atoms with E-state index in [1.54, 1.807) is 0 Å². The number of carbonyl (C=O) groups is 1. The van der Waals surface area contributed by atoms with Gasteiger partial charge in [0.15, 0.2) is 5.78 Å². The number of Topliss-reactive ketones (excluding diaryl/α,β-unsaturated/α-hetero) is 1. The molecule has 1 unspecified atom stereocenters. The molecule has 0 aliphatic carbocycles. The van der Waals surface area contributed by atoms with Crippen LogP contribution in [-0.2, 0) is 11.2 Å². The van der Waals surface area contributed by atoms with E-state index >= 15 is 0 Å². The Hall–Kier alpha value is -1.29. The number of ketones is 1. The lowest BCUT2D eigenvalue weighted by molar-refractivity contribution is 0.0921. The standard InChI is InChI=1S/C15H22N2O2/c1-3-14-13(10-11(2)16-17-14)15(18)8-4-6-12-7-5-9-19-12/h10,12H,3-9H2,1-2H3. The highest BCUT2D eigenvalue weighted by Crippen LogP contribution is 2.19. The van der Waals surface area contributed by atoms with Gasteiger partial charge in [0.05, 0.1) is 17.5 Å². The number of rotatable bonds is 6. The molecule has 1 saturated heterocycles. The molecule has 0 amide bonds. The number of nitrogens with zero attached hydrogens (tertiary/aromatic N) is 2. The molecule has 0 radical (unpaired) electrons. The van der Waals surface area contributed by atoms with Crippen molar-refractivity contribution in [1.29, 1.82) is 0 Å². The predicted octanol–water partition coefficient (Wildman–Crippen LogP) is 2.88. The van der Waals surface area contributed by atoms with Crippen LogP contribution >= 0.6 is 0 Å². The van der Waals surface area contributed by atoms with Crippen LogP contribution in [0.3, 0.4) is 0 Å². The minimum absolute atomic E-state index is 0.188. The van der Waals surface area contributed by atoms with Crippen LogP contribution in [-0.4, -0.2) is 28.7 Å². The lowest BCUT2D eigenvalue weighted by atomic mass is 10.0. The van der Waals surface area contributed by atoms with Crippen LogP contribution in [0.4, 0.5) is 0 Å². The number of hydrogen-bond acceptors (Lipinski definition) is 4. The summed E-state index contributed by atoms with van der Waals surface area (Å²) in [6, 6.07) is 1.86. The normalized spacial score (nSPS) is 18.7. The number of ether oxygens (including phenoxy) is 1. The average molecular weight is 262 g/mol. The van der Waals surface area contributed by atoms with E-state index in [1.165, 1.54) is 0 Å². The highest BCUT2D eigenvalue weighted by atomic mass is 16.5. The summed E-state index contributed by atoms with van der Waals surface area (Å²) < 4.78 is 5.57. The second-order valence-electron chi connectivity index (χ2n) is 5.15. The van der Waals surface area contributed by atoms with Gasteiger partial charge in [0.25, 0.3) is 0 Å². The van der Waals surface area contributed by atoms with Gasteiger partial charge in [-0.1, -0.05) is 6.92 Å². The van der Waals surface area contributed by atoms with E-state index in [-0.39, 0.29) is 5.78 Å². The summed E-state index contributed by atoms with van der Waals surface area (Å²) in [6.45, 7) is 4.75. The lowest BCUT2D eigenvalue weighted by Crippen LogP contribution is -2.10. The highest BCUT2D eigenvalue weighted by Gasteiger charge is 2.17. The zero-order chi connectivity index (χ0) is 13.7. The van der Waals surface area contributed by atoms with Crippen LogP contribution in [0, 0.1) is 6.92 Å². The molecule has 1 aliphatic rings. The van der Waals surface area contributed by atoms with Crippen molar-refractivity contribution in [2.75, 3.05) is 6.61 Å². The van der Waals surface area contributed by atoms with Crippen LogP contribution in [0.1, 0.15) is 60.8 Å². The number of aryl methyl sites for hydroxylation is 2. The maximum Gasteiger partial charge on any atom is 0.164 e. The molecule has 4 heteroatoms. The summed E-state index contributed by atoms with van der Waals surface area (Å²) in [5, 5.41) is 8.12. The van der Waals surface area contributed by atoms with Crippen molar-refractivity contribution in [3.05, 3.63) is 23.0 Å². The van der Waals surface area contributed by atoms with Crippen molar-refractivity contribution in [2.45, 2.75) is 58.5 Å². The summed E-state index contributed by atoms with van der Waals surface area (Å²) in [4.78, 5) is 12.2. The van der Waals surface area contributed by atoms with Crippen LogP contribution in [0.15, 0.2) is 6.07 Å². The third-order valence-electron chi connectivity index (χ3n) is 3.58. The minimum Gasteiger partial charge on any atom is -0.378 e. The van der Waals surface area contributed by atoms with Crippen LogP contribution in [0.2, 0.25) is 0 Å². The number of carbonyl (C=O) groups excluding carboxylic acids is 1. The molecule has 1 fully saturated rings. The zero-order valence-electron chi connectivity index (χ0n) is 11.8. The predicted molar refractivity (Wildman–Crippen MR) is 73.3 cm³/mol. The van der Waals surface area contributed by atoms with Gasteiger partial charge in [-0.15, -0.1) is 0 Å². The van der Waals surface area contributed by atoms with Crippen molar-refractivity contribution in [1.82, 2.24) is 10.2 Å². The summed E-state index contributed by atoms with van der Waals surface area (Å²) in [7, 11) is 0. The molecule has 4 nitrogen and oxygen atoms in total. The van der Waals surface area contributed by atoms with E-state index in [1.807, 2.05) is 19.9 Å². The first-order chi connectivity index (χ1) is 9.20. The highest BCUT2D eigenvalue weighted by molar-refractivity contribution is 5.97. The Kier molecular flexibility index (Phi) is 5.02. The van der Waals surface area contributed by atoms with Crippen LogP contribution in [0.25, 0.3) is 0 Å². The lowest BCUT2D eigenvalue weighted by Gasteiger charge is -2.09. The molecule has 1 aromatic heterocycles. The third-order valence-corrected chi connectivity index (χ3v) is 3.58. The Labute approximate surface area is 114 Å². The van der Waals surface area contributed by atoms with Gasteiger partial charge in [0.2, 0.25) is 0 Å². The van der Waals surface area contributed by atoms with Gasteiger partial charge in [-0.3, -0.25) is 4.79 Å². The van der Waals surface area contributed by atoms with Crippen molar-refractivity contribution in [3.8, 4) is 0 Å². The largest absolute Gasteiger partial charge is 0.378 e. The number of aromatic nitrogens is 2. The molecule has 1 aromatic rings. The molecule has 0 aromatic carbocycles. The zero-order valence-corrected chi connectivity index (χ0v) is 11.8. The summed E-state index contributed by atoms with van der Waals surface area (Å²) in [6.07, 6.45) is 5.89. The van der Waals surface area contributed by atoms with Gasteiger partial charge in [-0.25, -0.2) is 0 Å². The topological polar surface area (TPSA) is 52.1 Å². The quantitative estimate of drug-likeness (QED) is 0.740. The maximum absolute atomic E-state index is 12.2. The fourth-order valence-electron chi connectivity index (χ4n) is 2.51. The Bertz CT molecular complexity index is 440. The fourth-order valence-corrected chi connectivity index (χ4v) is 2.51. The molecular weight excluding hydrogens is 240 g/mol. The first-order valence-corrected chi connectivity index (χ1v) is 7.18. The number of hydrogen-bond donors (Lipinski definition) is 0. The van der Waals surface area contributed by atoms with Crippen molar-refractivity contribution < 1.29 is 9.53 Å². The van der Waals surface area contributed by atoms with E-state index in [2.05, 4.69) is 10.2 Å². The Morgan fingerprint density at radius 2 is 2.32 bits per heavy atom. The van der Waals surface area contributed by atoms with Gasteiger partial charge >= 0.3 is 0 Å². The van der Waals surface area contributed by atoms with E-state index in [0.29, 0.717) is 12.5 Å². The first kappa shape index (κ1) is 14.1. The summed E-state index contributed by atoms with van der Waals surface area (Å²) >= 11 is 0. The Balaban J connectivity index is 1.89. The van der Waals surface area contributed by atoms with Crippen molar-refractivity contribution in [3.63, 3.8) is 0 Å². The van der Waals surface area contributed by atoms with E-state index in [0.717, 1.165) is 55.7 Å². The second kappa shape index (κ2) is 6.75. The van der Waals surface area contributed by atoms with Crippen LogP contribution < -0.4 is 0 Å². The van der Waals surface area contributed by atoms with Crippen molar-refractivity contribution in [2.24, 2.45) is 0 Å². The van der Waals surface area contributed by atoms with Gasteiger partial charge in [-0.05, 0) is 45.1 Å². The monoisotopic (exact) mass is 262 g/mol. The molecule has 1 aliphatic heterocycles. The minimum atomic E-state index is 0.188. The average Bonchev–Trinajstić information content (AvgIpc) is 2.91. The third kappa shape index (κ3) is 3.83. The molecule has 2 rings (SSSR count). The van der Waals surface area contributed by atoms with Gasteiger partial charge in [-0.2, -0.15) is 10.2 Å². The second-order valence-corrected chi connectivity index (χ2v) is 5.15. The van der Waals surface area contributed by atoms with Gasteiger partial charge < -0.3 is 4.74 Å². The van der Waals surface area contributed by atoms with Crippen molar-refractivity contribution >= 4 is 5.78 Å². The molecule has 104 valence electrons. The maximum atomic E-state index is 12.2. The summed E-state index contributed by atoms with van der Waals surface area (Å²) in [5.41, 5.74) is 2.37. The van der Waals surface area contributed by atoms with Gasteiger partial charge in [0, 0.05) is 18.6 Å². The molecule has 19 heavy (non-hydrogen) atoms. The molecular formula is C15H22N2O2. The van der Waals surface area contributed by atoms with E-state index in [4.69, 9.17) is 4.74 Å². The molecule has 0 spiro atoms. The molecule has 0 N–H and O–H groups in total. The van der Waals surface area contributed by atoms with E-state index < -0.39 is 0 Å². The SMILES string of the molecule is CCc1nnc(C)cc1C(=O)CCCC1CCCO1. The molecule has 2 heterocycles. The molecule has 0 saturated carbocycles. The molecule has 0 bridgehead atoms. The first-order valence-electron chi connectivity index (χ1n) is 7.18. The Morgan fingerprint density at radius 3 is 3.00 bits per heavy atom. The fraction of sp³-hybridized carbons (Fsp3) is 0.667. The molecule has 1 atom stereocenters. The summed E-state index contributed by atoms with van der Waals surface area (Å²) in [5.74, 6) is 0.188.